The Labute approximate surface area is 220 Å². The molecule has 194 valence electrons. The van der Waals surface area contributed by atoms with E-state index in [2.05, 4.69) is 25.9 Å². The van der Waals surface area contributed by atoms with Gasteiger partial charge in [-0.15, -0.1) is 0 Å². The molecule has 0 saturated carbocycles. The van der Waals surface area contributed by atoms with E-state index in [0.717, 1.165) is 27.8 Å². The average Bonchev–Trinajstić information content (AvgIpc) is 2.94. The Kier molecular flexibility index (Phi) is 8.96. The summed E-state index contributed by atoms with van der Waals surface area (Å²) in [6, 6.07) is 22.0. The second kappa shape index (κ2) is 13.0. The Morgan fingerprint density at radius 2 is 1.63 bits per heavy atom. The number of fused-ring (bicyclic) bond motifs is 1. The van der Waals surface area contributed by atoms with Crippen molar-refractivity contribution in [2.45, 2.75) is 25.3 Å². The average molecular weight is 512 g/mol. The molecule has 0 spiro atoms. The number of para-hydroxylation sites is 1. The molecule has 0 fully saturated rings. The second-order valence-corrected chi connectivity index (χ2v) is 8.74. The molecule has 0 aliphatic rings. The number of nitrogens with zero attached hydrogens (tertiary/aromatic N) is 2. The summed E-state index contributed by atoms with van der Waals surface area (Å²) >= 11 is 0. The van der Waals surface area contributed by atoms with E-state index in [1.54, 1.807) is 24.5 Å². The zero-order chi connectivity index (χ0) is 26.7. The highest BCUT2D eigenvalue weighted by atomic mass is 16.4. The largest absolute Gasteiger partial charge is 0.481 e. The molecule has 2 aromatic carbocycles. The van der Waals surface area contributed by atoms with Gasteiger partial charge in [-0.3, -0.25) is 19.4 Å². The van der Waals surface area contributed by atoms with Crippen molar-refractivity contribution in [2.24, 2.45) is 0 Å². The summed E-state index contributed by atoms with van der Waals surface area (Å²) in [5, 5.41) is 18.9. The van der Waals surface area contributed by atoms with E-state index >= 15 is 0 Å². The SMILES string of the molecule is O=C(O)CC(NC(=O)CNC(=O)CCCNc1ccccn1)c1ccc(-c2cccc3cccnc23)cc1. The number of hydrogen-bond donors (Lipinski definition) is 4. The lowest BCUT2D eigenvalue weighted by molar-refractivity contribution is -0.138. The standard InChI is InChI=1S/C29H29N5O4/c35-26(10-5-16-31-25-9-1-2-15-30-25)33-19-27(36)34-24(18-28(37)38)21-13-11-20(12-14-21)23-8-3-6-22-7-4-17-32-29(22)23/h1-4,6-9,11-15,17,24H,5,10,16,18-19H2,(H,30,31)(H,33,35)(H,34,36)(H,37,38). The number of anilines is 1. The van der Waals surface area contributed by atoms with E-state index in [1.807, 2.05) is 60.7 Å². The van der Waals surface area contributed by atoms with Gasteiger partial charge in [0.25, 0.3) is 0 Å². The van der Waals surface area contributed by atoms with Crippen molar-refractivity contribution in [1.82, 2.24) is 20.6 Å². The number of pyridine rings is 2. The molecule has 4 N–H and O–H groups in total. The Hall–Kier alpha value is -4.79. The Morgan fingerprint density at radius 3 is 2.39 bits per heavy atom. The van der Waals surface area contributed by atoms with Gasteiger partial charge in [0.05, 0.1) is 24.5 Å². The summed E-state index contributed by atoms with van der Waals surface area (Å²) in [7, 11) is 0. The van der Waals surface area contributed by atoms with Gasteiger partial charge < -0.3 is 21.1 Å². The fourth-order valence-corrected chi connectivity index (χ4v) is 4.10. The van der Waals surface area contributed by atoms with Crippen LogP contribution >= 0.6 is 0 Å². The molecule has 0 aliphatic carbocycles. The van der Waals surface area contributed by atoms with E-state index in [4.69, 9.17) is 0 Å². The maximum absolute atomic E-state index is 12.5. The van der Waals surface area contributed by atoms with E-state index in [9.17, 15) is 19.5 Å². The first-order valence-electron chi connectivity index (χ1n) is 12.4. The van der Waals surface area contributed by atoms with Crippen molar-refractivity contribution in [3.05, 3.63) is 90.8 Å². The molecule has 2 amide bonds. The van der Waals surface area contributed by atoms with Crippen molar-refractivity contribution in [1.29, 1.82) is 0 Å². The highest BCUT2D eigenvalue weighted by molar-refractivity contribution is 5.93. The van der Waals surface area contributed by atoms with Gasteiger partial charge in [0.15, 0.2) is 0 Å². The lowest BCUT2D eigenvalue weighted by Gasteiger charge is -2.18. The summed E-state index contributed by atoms with van der Waals surface area (Å²) in [6.45, 7) is 0.338. The lowest BCUT2D eigenvalue weighted by Crippen LogP contribution is -2.39. The minimum Gasteiger partial charge on any atom is -0.481 e. The van der Waals surface area contributed by atoms with Crippen LogP contribution in [0.2, 0.25) is 0 Å². The van der Waals surface area contributed by atoms with Gasteiger partial charge >= 0.3 is 5.97 Å². The molecular formula is C29H29N5O4. The zero-order valence-corrected chi connectivity index (χ0v) is 20.8. The second-order valence-electron chi connectivity index (χ2n) is 8.74. The number of amides is 2. The van der Waals surface area contributed by atoms with Gasteiger partial charge in [-0.25, -0.2) is 4.98 Å². The summed E-state index contributed by atoms with van der Waals surface area (Å²) in [4.78, 5) is 44.8. The molecule has 4 aromatic rings. The third-order valence-corrected chi connectivity index (χ3v) is 5.97. The van der Waals surface area contributed by atoms with Crippen LogP contribution in [0.3, 0.4) is 0 Å². The quantitative estimate of drug-likeness (QED) is 0.212. The first-order valence-corrected chi connectivity index (χ1v) is 12.4. The molecule has 4 rings (SSSR count). The van der Waals surface area contributed by atoms with Crippen LogP contribution < -0.4 is 16.0 Å². The Morgan fingerprint density at radius 1 is 0.842 bits per heavy atom. The fraction of sp³-hybridized carbons (Fsp3) is 0.207. The first-order chi connectivity index (χ1) is 18.5. The van der Waals surface area contributed by atoms with E-state index in [0.29, 0.717) is 18.5 Å². The van der Waals surface area contributed by atoms with Gasteiger partial charge in [-0.1, -0.05) is 54.6 Å². The van der Waals surface area contributed by atoms with Crippen LogP contribution in [0.15, 0.2) is 85.2 Å². The van der Waals surface area contributed by atoms with Crippen molar-refractivity contribution < 1.29 is 19.5 Å². The molecule has 0 bridgehead atoms. The topological polar surface area (TPSA) is 133 Å². The third kappa shape index (κ3) is 7.36. The molecule has 1 atom stereocenters. The number of nitrogens with one attached hydrogen (secondary N) is 3. The van der Waals surface area contributed by atoms with Crippen molar-refractivity contribution >= 4 is 34.5 Å². The molecule has 0 radical (unpaired) electrons. The molecule has 0 saturated heterocycles. The highest BCUT2D eigenvalue weighted by Gasteiger charge is 2.19. The van der Waals surface area contributed by atoms with Crippen LogP contribution in [-0.2, 0) is 14.4 Å². The van der Waals surface area contributed by atoms with Gasteiger partial charge in [0.1, 0.15) is 5.82 Å². The van der Waals surface area contributed by atoms with Gasteiger partial charge in [0, 0.05) is 36.3 Å². The molecule has 0 aliphatic heterocycles. The lowest BCUT2D eigenvalue weighted by atomic mass is 9.97. The fourth-order valence-electron chi connectivity index (χ4n) is 4.10. The number of hydrogen-bond acceptors (Lipinski definition) is 6. The van der Waals surface area contributed by atoms with E-state index in [1.165, 1.54) is 0 Å². The maximum Gasteiger partial charge on any atom is 0.305 e. The summed E-state index contributed by atoms with van der Waals surface area (Å²) in [5.41, 5.74) is 3.43. The minimum atomic E-state index is -1.04. The monoisotopic (exact) mass is 511 g/mol. The van der Waals surface area contributed by atoms with Crippen molar-refractivity contribution in [2.75, 3.05) is 18.4 Å². The van der Waals surface area contributed by atoms with E-state index in [-0.39, 0.29) is 25.3 Å². The molecule has 9 nitrogen and oxygen atoms in total. The van der Waals surface area contributed by atoms with Crippen LogP contribution in [0.4, 0.5) is 5.82 Å². The number of rotatable bonds is 12. The Balaban J connectivity index is 1.31. The molecule has 2 aromatic heterocycles. The summed E-state index contributed by atoms with van der Waals surface area (Å²) in [6.07, 6.45) is 3.97. The van der Waals surface area contributed by atoms with Crippen LogP contribution in [0.1, 0.15) is 30.9 Å². The predicted molar refractivity (Wildman–Crippen MR) is 145 cm³/mol. The van der Waals surface area contributed by atoms with Crippen molar-refractivity contribution in [3.8, 4) is 11.1 Å². The van der Waals surface area contributed by atoms with E-state index < -0.39 is 17.9 Å². The molecule has 2 heterocycles. The number of aromatic nitrogens is 2. The normalized spacial score (nSPS) is 11.5. The van der Waals surface area contributed by atoms with Gasteiger partial charge in [0.2, 0.25) is 11.8 Å². The highest BCUT2D eigenvalue weighted by Crippen LogP contribution is 2.28. The summed E-state index contributed by atoms with van der Waals surface area (Å²) in [5.74, 6) is -1.02. The predicted octanol–water partition coefficient (Wildman–Crippen LogP) is 3.94. The molecule has 9 heteroatoms. The maximum atomic E-state index is 12.5. The number of carboxylic acids is 1. The van der Waals surface area contributed by atoms with Crippen LogP contribution in [0.5, 0.6) is 0 Å². The zero-order valence-electron chi connectivity index (χ0n) is 20.8. The number of carboxylic acid groups (broad SMARTS) is 1. The number of carbonyl (C=O) groups is 3. The smallest absolute Gasteiger partial charge is 0.305 e. The van der Waals surface area contributed by atoms with Crippen molar-refractivity contribution in [3.63, 3.8) is 0 Å². The van der Waals surface area contributed by atoms with Gasteiger partial charge in [-0.05, 0) is 35.7 Å². The van der Waals surface area contributed by atoms with Crippen LogP contribution in [0.25, 0.3) is 22.0 Å². The Bertz CT molecular complexity index is 1390. The number of carbonyl (C=O) groups excluding carboxylic acids is 2. The minimum absolute atomic E-state index is 0.234. The third-order valence-electron chi connectivity index (χ3n) is 5.97. The van der Waals surface area contributed by atoms with Crippen LogP contribution in [0, 0.1) is 0 Å². The van der Waals surface area contributed by atoms with Crippen LogP contribution in [-0.4, -0.2) is 45.9 Å². The summed E-state index contributed by atoms with van der Waals surface area (Å²) < 4.78 is 0. The van der Waals surface area contributed by atoms with Gasteiger partial charge in [-0.2, -0.15) is 0 Å². The molecule has 38 heavy (non-hydrogen) atoms. The number of benzene rings is 2. The first kappa shape index (κ1) is 26.3. The molecule has 1 unspecified atom stereocenters. The molecular weight excluding hydrogens is 482 g/mol. The number of aliphatic carboxylic acids is 1.